The van der Waals surface area contributed by atoms with E-state index in [9.17, 15) is 4.79 Å². The predicted octanol–water partition coefficient (Wildman–Crippen LogP) is 2.27. The quantitative estimate of drug-likeness (QED) is 0.299. The summed E-state index contributed by atoms with van der Waals surface area (Å²) in [5, 5.41) is 5.04. The highest BCUT2D eigenvalue weighted by atomic mass is 79.9. The molecule has 0 bridgehead atoms. The second kappa shape index (κ2) is 10.5. The highest BCUT2D eigenvalue weighted by molar-refractivity contribution is 8.01. The van der Waals surface area contributed by atoms with E-state index in [1.54, 1.807) is 0 Å². The molecule has 2 nitrogen and oxygen atoms in total. The lowest BCUT2D eigenvalue weighted by molar-refractivity contribution is -0.000180. The number of ether oxygens (including phenoxy) is 1. The van der Waals surface area contributed by atoms with Crippen LogP contribution in [0.4, 0.5) is 0 Å². The summed E-state index contributed by atoms with van der Waals surface area (Å²) in [4.78, 5) is 12.6. The highest BCUT2D eigenvalue weighted by Gasteiger charge is 2.47. The Labute approximate surface area is 207 Å². The fourth-order valence-corrected chi connectivity index (χ4v) is 8.25. The lowest BCUT2D eigenvalue weighted by atomic mass is 10.2. The van der Waals surface area contributed by atoms with E-state index in [4.69, 9.17) is 4.74 Å². The van der Waals surface area contributed by atoms with Crippen LogP contribution >= 0.6 is 7.26 Å². The molecule has 0 saturated carbocycles. The van der Waals surface area contributed by atoms with Crippen molar-refractivity contribution in [1.29, 1.82) is 0 Å². The van der Waals surface area contributed by atoms with Crippen LogP contribution in [0.2, 0.25) is 0 Å². The van der Waals surface area contributed by atoms with Crippen molar-refractivity contribution in [3.05, 3.63) is 121 Å². The van der Waals surface area contributed by atoms with Crippen LogP contribution in [0.3, 0.4) is 0 Å². The molecule has 33 heavy (non-hydrogen) atoms. The molecule has 0 saturated heterocycles. The lowest BCUT2D eigenvalue weighted by Gasteiger charge is -2.27. The van der Waals surface area contributed by atoms with E-state index in [1.807, 2.05) is 32.9 Å². The number of rotatable bonds is 5. The number of carbonyl (C=O) groups is 1. The van der Waals surface area contributed by atoms with Gasteiger partial charge in [-0.15, -0.1) is 0 Å². The van der Waals surface area contributed by atoms with E-state index in [-0.39, 0.29) is 23.0 Å². The van der Waals surface area contributed by atoms with Gasteiger partial charge in [-0.25, -0.2) is 4.79 Å². The zero-order valence-corrected chi connectivity index (χ0v) is 21.6. The Morgan fingerprint density at radius 1 is 0.576 bits per heavy atom. The molecule has 168 valence electrons. The molecule has 0 heterocycles. The Morgan fingerprint density at radius 2 is 0.909 bits per heavy atom. The molecule has 4 aromatic rings. The van der Waals surface area contributed by atoms with Crippen LogP contribution in [0.1, 0.15) is 31.1 Å². The van der Waals surface area contributed by atoms with E-state index in [0.29, 0.717) is 5.56 Å². The fourth-order valence-electron chi connectivity index (χ4n) is 4.01. The Kier molecular flexibility index (Phi) is 7.89. The van der Waals surface area contributed by atoms with Crippen LogP contribution in [-0.2, 0) is 4.74 Å². The summed E-state index contributed by atoms with van der Waals surface area (Å²) in [6.07, 6.45) is 0. The normalized spacial score (nSPS) is 11.4. The van der Waals surface area contributed by atoms with Crippen LogP contribution in [0.25, 0.3) is 0 Å². The molecular weight excluding hydrogens is 491 g/mol. The molecule has 4 rings (SSSR count). The van der Waals surface area contributed by atoms with Crippen LogP contribution in [0, 0.1) is 0 Å². The number of benzene rings is 4. The van der Waals surface area contributed by atoms with Gasteiger partial charge in [-0.2, -0.15) is 0 Å². The summed E-state index contributed by atoms with van der Waals surface area (Å²) in [5.41, 5.74) is 0.0425. The minimum atomic E-state index is -2.15. The molecule has 0 aliphatic carbocycles. The molecule has 0 aliphatic rings. The molecule has 0 amide bonds. The lowest BCUT2D eigenvalue weighted by Crippen LogP contribution is -3.00. The van der Waals surface area contributed by atoms with Gasteiger partial charge in [-0.3, -0.25) is 0 Å². The smallest absolute Gasteiger partial charge is 0.338 e. The fraction of sp³-hybridized carbons (Fsp3) is 0.138. The van der Waals surface area contributed by atoms with Gasteiger partial charge in [0.15, 0.2) is 0 Å². The minimum absolute atomic E-state index is 0. The van der Waals surface area contributed by atoms with Crippen LogP contribution in [0.15, 0.2) is 115 Å². The van der Waals surface area contributed by atoms with Crippen molar-refractivity contribution < 1.29 is 26.5 Å². The molecule has 0 unspecified atom stereocenters. The summed E-state index contributed by atoms with van der Waals surface area (Å²) in [6.45, 7) is 5.65. The summed E-state index contributed by atoms with van der Waals surface area (Å²) in [7, 11) is -2.15. The first-order chi connectivity index (χ1) is 15.4. The maximum atomic E-state index is 12.6. The van der Waals surface area contributed by atoms with E-state index in [2.05, 4.69) is 103 Å². The van der Waals surface area contributed by atoms with Gasteiger partial charge in [0.25, 0.3) is 0 Å². The zero-order chi connectivity index (χ0) is 22.6. The average Bonchev–Trinajstić information content (AvgIpc) is 2.81. The monoisotopic (exact) mass is 518 g/mol. The second-order valence-corrected chi connectivity index (χ2v) is 12.1. The zero-order valence-electron chi connectivity index (χ0n) is 19.1. The van der Waals surface area contributed by atoms with Crippen molar-refractivity contribution in [3.63, 3.8) is 0 Å². The number of esters is 1. The van der Waals surface area contributed by atoms with E-state index in [1.165, 1.54) is 21.2 Å². The minimum Gasteiger partial charge on any atom is -1.00 e. The van der Waals surface area contributed by atoms with Crippen molar-refractivity contribution in [2.75, 3.05) is 0 Å². The number of hydrogen-bond acceptors (Lipinski definition) is 2. The molecule has 0 atom stereocenters. The molecule has 0 radical (unpaired) electrons. The molecule has 0 aliphatic heterocycles. The number of halogens is 1. The van der Waals surface area contributed by atoms with Gasteiger partial charge in [0.05, 0.1) is 5.56 Å². The number of carbonyl (C=O) groups excluding carboxylic acids is 1. The van der Waals surface area contributed by atoms with Crippen LogP contribution in [-0.4, -0.2) is 11.6 Å². The molecule has 0 fully saturated rings. The van der Waals surface area contributed by atoms with Gasteiger partial charge < -0.3 is 21.7 Å². The van der Waals surface area contributed by atoms with Crippen molar-refractivity contribution in [2.45, 2.75) is 26.4 Å². The third-order valence-electron chi connectivity index (χ3n) is 5.32. The largest absolute Gasteiger partial charge is 1.00 e. The summed E-state index contributed by atoms with van der Waals surface area (Å²) in [6, 6.07) is 40.1. The maximum absolute atomic E-state index is 12.6. The van der Waals surface area contributed by atoms with Crippen molar-refractivity contribution in [1.82, 2.24) is 0 Å². The molecule has 4 heteroatoms. The van der Waals surface area contributed by atoms with Gasteiger partial charge in [0, 0.05) is 0 Å². The van der Waals surface area contributed by atoms with Crippen LogP contribution < -0.4 is 38.2 Å². The first-order valence-electron chi connectivity index (χ1n) is 10.8. The Morgan fingerprint density at radius 3 is 1.24 bits per heavy atom. The van der Waals surface area contributed by atoms with E-state index >= 15 is 0 Å². The van der Waals surface area contributed by atoms with Crippen LogP contribution in [0.5, 0.6) is 0 Å². The Bertz CT molecular complexity index is 1070. The number of hydrogen-bond donors (Lipinski definition) is 0. The van der Waals surface area contributed by atoms with E-state index in [0.717, 1.165) is 0 Å². The van der Waals surface area contributed by atoms with Gasteiger partial charge in [0.1, 0.15) is 34.1 Å². The third kappa shape index (κ3) is 5.27. The van der Waals surface area contributed by atoms with Crippen molar-refractivity contribution in [2.24, 2.45) is 0 Å². The van der Waals surface area contributed by atoms with Gasteiger partial charge in [-0.05, 0) is 81.4 Å². The second-order valence-electron chi connectivity index (χ2n) is 8.73. The molecule has 4 aromatic carbocycles. The highest BCUT2D eigenvalue weighted by Crippen LogP contribution is 2.54. The predicted molar refractivity (Wildman–Crippen MR) is 136 cm³/mol. The summed E-state index contributed by atoms with van der Waals surface area (Å²) in [5.74, 6) is -0.299. The Hall–Kier alpha value is -2.74. The SMILES string of the molecule is CC(C)(C)OC(=O)c1ccc([P+](c2ccccc2)(c2ccccc2)c2ccccc2)cc1.[Br-]. The molecular formula is C29H28BrO2P. The molecule has 0 N–H and O–H groups in total. The third-order valence-corrected chi connectivity index (χ3v) is 9.61. The summed E-state index contributed by atoms with van der Waals surface area (Å²) < 4.78 is 5.57. The topological polar surface area (TPSA) is 26.3 Å². The van der Waals surface area contributed by atoms with Gasteiger partial charge in [0.2, 0.25) is 0 Å². The molecule has 0 aromatic heterocycles. The molecule has 0 spiro atoms. The maximum Gasteiger partial charge on any atom is 0.338 e. The van der Waals surface area contributed by atoms with Gasteiger partial charge >= 0.3 is 5.97 Å². The summed E-state index contributed by atoms with van der Waals surface area (Å²) >= 11 is 0. The first-order valence-corrected chi connectivity index (χ1v) is 12.6. The standard InChI is InChI=1S/C29H28O2P.BrH/c1-29(2,3)31-28(30)23-19-21-27(22-20-23)32(24-13-7-4-8-14-24,25-15-9-5-10-16-25)26-17-11-6-12-18-26;/h4-22H,1-3H3;1H/q+1;/p-1. The first kappa shape index (κ1) is 24.9. The van der Waals surface area contributed by atoms with Crippen molar-refractivity contribution in [3.8, 4) is 0 Å². The average molecular weight is 519 g/mol. The van der Waals surface area contributed by atoms with Gasteiger partial charge in [-0.1, -0.05) is 54.6 Å². The Balaban J connectivity index is 0.00000306. The van der Waals surface area contributed by atoms with Crippen molar-refractivity contribution >= 4 is 34.4 Å². The van der Waals surface area contributed by atoms with E-state index < -0.39 is 12.9 Å².